The van der Waals surface area contributed by atoms with E-state index in [2.05, 4.69) is 0 Å². The van der Waals surface area contributed by atoms with Gasteiger partial charge in [-0.3, -0.25) is 4.55 Å². The quantitative estimate of drug-likeness (QED) is 0.773. The van der Waals surface area contributed by atoms with Crippen molar-refractivity contribution in [2.45, 2.75) is 80.9 Å². The lowest BCUT2D eigenvalue weighted by atomic mass is 9.79. The predicted molar refractivity (Wildman–Crippen MR) is 87.9 cm³/mol. The lowest BCUT2D eigenvalue weighted by Gasteiger charge is -2.28. The molecule has 2 fully saturated rings. The van der Waals surface area contributed by atoms with Crippen LogP contribution in [0.3, 0.4) is 0 Å². The van der Waals surface area contributed by atoms with Gasteiger partial charge in [0.15, 0.2) is 0 Å². The average Bonchev–Trinajstić information content (AvgIpc) is 2.54. The van der Waals surface area contributed by atoms with E-state index in [9.17, 15) is 17.4 Å². The fraction of sp³-hybridized carbons (Fsp3) is 0.667. The second kappa shape index (κ2) is 6.89. The Morgan fingerprint density at radius 3 is 1.57 bits per heavy atom. The van der Waals surface area contributed by atoms with Gasteiger partial charge < -0.3 is 0 Å². The van der Waals surface area contributed by atoms with Gasteiger partial charge in [-0.25, -0.2) is 4.39 Å². The molecule has 0 spiro atoms. The summed E-state index contributed by atoms with van der Waals surface area (Å²) in [6.45, 7) is 0. The third kappa shape index (κ3) is 3.77. The smallest absolute Gasteiger partial charge is 0.282 e. The third-order valence-corrected chi connectivity index (χ3v) is 6.45. The molecular formula is C18H25FO3S. The normalized spacial score (nSPS) is 21.5. The standard InChI is InChI=1S/C18H25FO3S/c19-15-11-16(13-7-3-1-4-8-13)18(23(20,21)22)17(12-15)14-9-5-2-6-10-14/h11-14H,1-10H2,(H,20,21,22). The topological polar surface area (TPSA) is 54.4 Å². The van der Waals surface area contributed by atoms with Gasteiger partial charge >= 0.3 is 0 Å². The summed E-state index contributed by atoms with van der Waals surface area (Å²) in [5, 5.41) is 0. The molecule has 0 atom stereocenters. The molecule has 5 heteroatoms. The zero-order valence-electron chi connectivity index (χ0n) is 13.4. The van der Waals surface area contributed by atoms with Crippen molar-refractivity contribution in [3.05, 3.63) is 29.1 Å². The van der Waals surface area contributed by atoms with Gasteiger partial charge in [-0.2, -0.15) is 8.42 Å². The number of hydrogen-bond donors (Lipinski definition) is 1. The van der Waals surface area contributed by atoms with Crippen LogP contribution >= 0.6 is 0 Å². The molecule has 0 unspecified atom stereocenters. The molecule has 0 radical (unpaired) electrons. The van der Waals surface area contributed by atoms with Gasteiger partial charge in [0.05, 0.1) is 0 Å². The van der Waals surface area contributed by atoms with Gasteiger partial charge in [0.25, 0.3) is 10.1 Å². The van der Waals surface area contributed by atoms with Crippen molar-refractivity contribution in [2.75, 3.05) is 0 Å². The molecule has 2 aliphatic rings. The summed E-state index contributed by atoms with van der Waals surface area (Å²) >= 11 is 0. The summed E-state index contributed by atoms with van der Waals surface area (Å²) in [5.41, 5.74) is 1.01. The van der Waals surface area contributed by atoms with Crippen molar-refractivity contribution in [2.24, 2.45) is 0 Å². The molecule has 0 saturated heterocycles. The first-order chi connectivity index (χ1) is 11.0. The SMILES string of the molecule is O=S(=O)(O)c1c(C2CCCCC2)cc(F)cc1C1CCCCC1. The van der Waals surface area contributed by atoms with Crippen molar-refractivity contribution >= 4 is 10.1 Å². The average molecular weight is 340 g/mol. The molecule has 3 rings (SSSR count). The summed E-state index contributed by atoms with van der Waals surface area (Å²) in [4.78, 5) is 0.0118. The number of rotatable bonds is 3. The molecular weight excluding hydrogens is 315 g/mol. The van der Waals surface area contributed by atoms with Crippen LogP contribution in [0.4, 0.5) is 4.39 Å². The van der Waals surface area contributed by atoms with Gasteiger partial charge in [-0.1, -0.05) is 38.5 Å². The summed E-state index contributed by atoms with van der Waals surface area (Å²) in [6.07, 6.45) is 9.90. The molecule has 1 aromatic carbocycles. The Kier molecular flexibility index (Phi) is 5.07. The fourth-order valence-corrected chi connectivity index (χ4v) is 5.41. The molecule has 1 aromatic rings. The molecule has 0 aromatic heterocycles. The maximum absolute atomic E-state index is 14.2. The molecule has 0 aliphatic heterocycles. The highest BCUT2D eigenvalue weighted by atomic mass is 32.2. The molecule has 3 nitrogen and oxygen atoms in total. The van der Waals surface area contributed by atoms with Crippen molar-refractivity contribution in [1.29, 1.82) is 0 Å². The summed E-state index contributed by atoms with van der Waals surface area (Å²) in [5.74, 6) is -0.295. The van der Waals surface area contributed by atoms with Crippen molar-refractivity contribution in [3.8, 4) is 0 Å². The highest BCUT2D eigenvalue weighted by Crippen LogP contribution is 2.42. The summed E-state index contributed by atoms with van der Waals surface area (Å²) in [7, 11) is -4.35. The molecule has 2 aliphatic carbocycles. The summed E-state index contributed by atoms with van der Waals surface area (Å²) < 4.78 is 48.3. The van der Waals surface area contributed by atoms with Crippen LogP contribution in [0.15, 0.2) is 17.0 Å². The number of halogens is 1. The summed E-state index contributed by atoms with van der Waals surface area (Å²) in [6, 6.07) is 2.68. The van der Waals surface area contributed by atoms with Crippen molar-refractivity contribution in [1.82, 2.24) is 0 Å². The van der Waals surface area contributed by atoms with E-state index in [-0.39, 0.29) is 22.5 Å². The molecule has 128 valence electrons. The van der Waals surface area contributed by atoms with Gasteiger partial charge in [0.1, 0.15) is 10.7 Å². The van der Waals surface area contributed by atoms with Crippen molar-refractivity contribution < 1.29 is 17.4 Å². The highest BCUT2D eigenvalue weighted by Gasteiger charge is 2.31. The van der Waals surface area contributed by atoms with Crippen LogP contribution in [0.25, 0.3) is 0 Å². The van der Waals surface area contributed by atoms with Gasteiger partial charge in [0.2, 0.25) is 0 Å². The fourth-order valence-electron chi connectivity index (χ4n) is 4.37. The molecule has 1 N–H and O–H groups in total. The number of hydrogen-bond acceptors (Lipinski definition) is 2. The lowest BCUT2D eigenvalue weighted by Crippen LogP contribution is -2.17. The van der Waals surface area contributed by atoms with E-state index >= 15 is 0 Å². The second-order valence-corrected chi connectivity index (χ2v) is 8.42. The molecule has 0 amide bonds. The van der Waals surface area contributed by atoms with Crippen LogP contribution in [0, 0.1) is 5.82 Å². The molecule has 23 heavy (non-hydrogen) atoms. The lowest BCUT2D eigenvalue weighted by molar-refractivity contribution is 0.416. The Morgan fingerprint density at radius 1 is 0.826 bits per heavy atom. The largest absolute Gasteiger partial charge is 0.295 e. The minimum Gasteiger partial charge on any atom is -0.282 e. The van der Waals surface area contributed by atoms with Gasteiger partial charge in [-0.15, -0.1) is 0 Å². The second-order valence-electron chi connectivity index (χ2n) is 7.06. The Hall–Kier alpha value is -0.940. The zero-order valence-corrected chi connectivity index (χ0v) is 14.2. The number of benzene rings is 1. The van der Waals surface area contributed by atoms with Crippen LogP contribution in [0.2, 0.25) is 0 Å². The first-order valence-corrected chi connectivity index (χ1v) is 10.2. The van der Waals surface area contributed by atoms with Gasteiger partial charge in [-0.05, 0) is 60.8 Å². The first kappa shape index (κ1) is 16.9. The Labute approximate surface area is 138 Å². The monoisotopic (exact) mass is 340 g/mol. The van der Waals surface area contributed by atoms with E-state index in [1.165, 1.54) is 12.1 Å². The van der Waals surface area contributed by atoms with E-state index in [1.54, 1.807) is 0 Å². The van der Waals surface area contributed by atoms with Crippen LogP contribution in [0.5, 0.6) is 0 Å². The Balaban J connectivity index is 2.12. The van der Waals surface area contributed by atoms with E-state index in [0.29, 0.717) is 11.1 Å². The van der Waals surface area contributed by atoms with Gasteiger partial charge in [0, 0.05) is 0 Å². The Morgan fingerprint density at radius 2 is 1.22 bits per heavy atom. The highest BCUT2D eigenvalue weighted by molar-refractivity contribution is 7.86. The van der Waals surface area contributed by atoms with Crippen LogP contribution in [0.1, 0.15) is 87.2 Å². The third-order valence-electron chi connectivity index (χ3n) is 5.46. The minimum absolute atomic E-state index is 0.0118. The first-order valence-electron chi connectivity index (χ1n) is 8.77. The predicted octanol–water partition coefficient (Wildman–Crippen LogP) is 5.17. The zero-order chi connectivity index (χ0) is 16.4. The maximum atomic E-state index is 14.2. The van der Waals surface area contributed by atoms with Crippen LogP contribution in [-0.4, -0.2) is 13.0 Å². The minimum atomic E-state index is -4.35. The van der Waals surface area contributed by atoms with Crippen LogP contribution < -0.4 is 0 Å². The van der Waals surface area contributed by atoms with E-state index in [1.807, 2.05) is 0 Å². The molecule has 0 bridgehead atoms. The van der Waals surface area contributed by atoms with E-state index in [0.717, 1.165) is 64.2 Å². The maximum Gasteiger partial charge on any atom is 0.295 e. The molecule has 2 saturated carbocycles. The Bertz CT molecular complexity index is 618. The van der Waals surface area contributed by atoms with E-state index < -0.39 is 10.1 Å². The van der Waals surface area contributed by atoms with Crippen LogP contribution in [-0.2, 0) is 10.1 Å². The molecule has 0 heterocycles. The van der Waals surface area contributed by atoms with E-state index in [4.69, 9.17) is 0 Å². The van der Waals surface area contributed by atoms with Crippen molar-refractivity contribution in [3.63, 3.8) is 0 Å².